The molecule has 28 heavy (non-hydrogen) atoms. The topological polar surface area (TPSA) is 51.1 Å². The molecule has 4 rings (SSSR count). The number of nitrogens with zero attached hydrogens (tertiary/aromatic N) is 1. The zero-order valence-electron chi connectivity index (χ0n) is 15.5. The van der Waals surface area contributed by atoms with Crippen molar-refractivity contribution < 1.29 is 12.8 Å². The van der Waals surface area contributed by atoms with Crippen molar-refractivity contribution in [2.75, 3.05) is 7.05 Å². The fourth-order valence-electron chi connectivity index (χ4n) is 3.89. The number of aromatic nitrogens is 1. The van der Waals surface area contributed by atoms with E-state index in [-0.39, 0.29) is 21.5 Å². The molecule has 7 heteroatoms. The third-order valence-corrected chi connectivity index (χ3v) is 7.43. The highest BCUT2D eigenvalue weighted by atomic mass is 35.5. The quantitative estimate of drug-likeness (QED) is 0.668. The molecule has 1 atom stereocenters. The first-order valence-electron chi connectivity index (χ1n) is 9.02. The number of rotatable bonds is 4. The molecule has 1 unspecified atom stereocenters. The zero-order chi connectivity index (χ0) is 20.1. The first kappa shape index (κ1) is 19.2. The lowest BCUT2D eigenvalue weighted by Gasteiger charge is -2.14. The maximum atomic E-state index is 14.9. The lowest BCUT2D eigenvalue weighted by atomic mass is 10.0. The van der Waals surface area contributed by atoms with Gasteiger partial charge in [0.25, 0.3) is 10.0 Å². The summed E-state index contributed by atoms with van der Waals surface area (Å²) < 4.78 is 43.0. The Hall–Kier alpha value is -2.15. The van der Waals surface area contributed by atoms with Crippen molar-refractivity contribution in [3.63, 3.8) is 0 Å². The molecule has 0 radical (unpaired) electrons. The SMILES string of the molecule is CNC1CCc2c1cn(S(=O)(=O)c1ccccc1Cl)c2-c1ccc(C)cc1F. The van der Waals surface area contributed by atoms with Gasteiger partial charge in [0.1, 0.15) is 10.7 Å². The van der Waals surface area contributed by atoms with Crippen LogP contribution in [0.4, 0.5) is 4.39 Å². The molecule has 0 saturated carbocycles. The van der Waals surface area contributed by atoms with E-state index in [0.717, 1.165) is 23.1 Å². The Morgan fingerprint density at radius 3 is 2.64 bits per heavy atom. The van der Waals surface area contributed by atoms with Crippen LogP contribution in [0.25, 0.3) is 11.3 Å². The Bertz CT molecular complexity index is 1170. The van der Waals surface area contributed by atoms with E-state index in [1.807, 2.05) is 7.05 Å². The van der Waals surface area contributed by atoms with Gasteiger partial charge in [0.15, 0.2) is 0 Å². The first-order chi connectivity index (χ1) is 13.3. The predicted octanol–water partition coefficient (Wildman–Crippen LogP) is 4.70. The van der Waals surface area contributed by atoms with Crippen LogP contribution in [0.1, 0.15) is 29.2 Å². The Morgan fingerprint density at radius 2 is 1.96 bits per heavy atom. The van der Waals surface area contributed by atoms with Gasteiger partial charge in [-0.3, -0.25) is 0 Å². The molecule has 146 valence electrons. The van der Waals surface area contributed by atoms with Crippen molar-refractivity contribution in [3.8, 4) is 11.3 Å². The molecular formula is C21H20ClFN2O2S. The second-order valence-electron chi connectivity index (χ2n) is 7.01. The van der Waals surface area contributed by atoms with Crippen LogP contribution in [-0.2, 0) is 16.4 Å². The van der Waals surface area contributed by atoms with Crippen LogP contribution < -0.4 is 5.32 Å². The lowest BCUT2D eigenvalue weighted by molar-refractivity contribution is 0.578. The second-order valence-corrected chi connectivity index (χ2v) is 9.20. The molecular weight excluding hydrogens is 399 g/mol. The summed E-state index contributed by atoms with van der Waals surface area (Å²) in [5, 5.41) is 3.35. The summed E-state index contributed by atoms with van der Waals surface area (Å²) in [5.41, 5.74) is 3.17. The van der Waals surface area contributed by atoms with Crippen LogP contribution >= 0.6 is 11.6 Å². The van der Waals surface area contributed by atoms with Crippen LogP contribution in [-0.4, -0.2) is 19.4 Å². The van der Waals surface area contributed by atoms with Crippen molar-refractivity contribution in [2.45, 2.75) is 30.7 Å². The summed E-state index contributed by atoms with van der Waals surface area (Å²) >= 11 is 6.18. The van der Waals surface area contributed by atoms with Crippen molar-refractivity contribution >= 4 is 21.6 Å². The summed E-state index contributed by atoms with van der Waals surface area (Å²) in [7, 11) is -2.16. The first-order valence-corrected chi connectivity index (χ1v) is 10.8. The largest absolute Gasteiger partial charge is 0.313 e. The molecule has 0 saturated heterocycles. The Morgan fingerprint density at radius 1 is 1.21 bits per heavy atom. The van der Waals surface area contributed by atoms with Gasteiger partial charge < -0.3 is 5.32 Å². The predicted molar refractivity (Wildman–Crippen MR) is 109 cm³/mol. The van der Waals surface area contributed by atoms with Gasteiger partial charge in [0, 0.05) is 17.8 Å². The molecule has 4 nitrogen and oxygen atoms in total. The molecule has 1 aliphatic carbocycles. The van der Waals surface area contributed by atoms with Crippen molar-refractivity contribution in [3.05, 3.63) is 76.2 Å². The minimum absolute atomic E-state index is 0.000109. The van der Waals surface area contributed by atoms with Crippen LogP contribution in [0.3, 0.4) is 0 Å². The Labute approximate surface area is 169 Å². The summed E-state index contributed by atoms with van der Waals surface area (Å²) in [4.78, 5) is 0.000109. The van der Waals surface area contributed by atoms with Gasteiger partial charge in [-0.1, -0.05) is 29.8 Å². The highest BCUT2D eigenvalue weighted by Crippen LogP contribution is 2.42. The highest BCUT2D eigenvalue weighted by Gasteiger charge is 2.33. The van der Waals surface area contributed by atoms with Crippen LogP contribution in [0.15, 0.2) is 53.6 Å². The van der Waals surface area contributed by atoms with E-state index in [4.69, 9.17) is 11.6 Å². The van der Waals surface area contributed by atoms with Gasteiger partial charge >= 0.3 is 0 Å². The molecule has 0 fully saturated rings. The van der Waals surface area contributed by atoms with E-state index in [1.165, 1.54) is 22.2 Å². The number of halogens is 2. The van der Waals surface area contributed by atoms with E-state index in [1.54, 1.807) is 37.4 Å². The number of aryl methyl sites for hydroxylation is 1. The summed E-state index contributed by atoms with van der Waals surface area (Å²) in [6, 6.07) is 11.2. The molecule has 0 amide bonds. The number of hydrogen-bond donors (Lipinski definition) is 1. The third-order valence-electron chi connectivity index (χ3n) is 5.27. The fourth-order valence-corrected chi connectivity index (χ4v) is 5.79. The van der Waals surface area contributed by atoms with Gasteiger partial charge in [0.05, 0.1) is 10.7 Å². The monoisotopic (exact) mass is 418 g/mol. The van der Waals surface area contributed by atoms with E-state index in [0.29, 0.717) is 12.1 Å². The average molecular weight is 419 g/mol. The smallest absolute Gasteiger partial charge is 0.269 e. The summed E-state index contributed by atoms with van der Waals surface area (Å²) in [6.45, 7) is 1.80. The van der Waals surface area contributed by atoms with E-state index in [2.05, 4.69) is 5.32 Å². The Balaban J connectivity index is 2.02. The fraction of sp³-hybridized carbons (Fsp3) is 0.238. The van der Waals surface area contributed by atoms with Crippen molar-refractivity contribution in [2.24, 2.45) is 0 Å². The maximum absolute atomic E-state index is 14.9. The van der Waals surface area contributed by atoms with Crippen molar-refractivity contribution in [1.82, 2.24) is 9.29 Å². The molecule has 3 aromatic rings. The molecule has 1 aliphatic rings. The van der Waals surface area contributed by atoms with Gasteiger partial charge in [-0.2, -0.15) is 0 Å². The van der Waals surface area contributed by atoms with Gasteiger partial charge in [-0.25, -0.2) is 16.8 Å². The molecule has 1 aromatic heterocycles. The molecule has 0 spiro atoms. The molecule has 2 aromatic carbocycles. The second kappa shape index (κ2) is 7.03. The molecule has 0 bridgehead atoms. The van der Waals surface area contributed by atoms with E-state index in [9.17, 15) is 12.8 Å². The highest BCUT2D eigenvalue weighted by molar-refractivity contribution is 7.90. The lowest BCUT2D eigenvalue weighted by Crippen LogP contribution is -2.16. The maximum Gasteiger partial charge on any atom is 0.269 e. The standard InChI is InChI=1S/C21H20ClFN2O2S/c1-13-7-8-15(18(23)11-13)21-14-9-10-19(24-2)16(14)12-25(21)28(26,27)20-6-4-3-5-17(20)22/h3-8,11-12,19,24H,9-10H2,1-2H3. The molecule has 1 N–H and O–H groups in total. The van der Waals surface area contributed by atoms with E-state index >= 15 is 0 Å². The number of fused-ring (bicyclic) bond motifs is 1. The number of nitrogens with one attached hydrogen (secondary N) is 1. The summed E-state index contributed by atoms with van der Waals surface area (Å²) in [5.74, 6) is -0.440. The normalized spacial score (nSPS) is 16.4. The zero-order valence-corrected chi connectivity index (χ0v) is 17.1. The minimum Gasteiger partial charge on any atom is -0.313 e. The van der Waals surface area contributed by atoms with Gasteiger partial charge in [-0.15, -0.1) is 0 Å². The Kier molecular flexibility index (Phi) is 4.81. The third kappa shape index (κ3) is 2.96. The minimum atomic E-state index is -3.99. The van der Waals surface area contributed by atoms with Gasteiger partial charge in [0.2, 0.25) is 0 Å². The molecule has 1 heterocycles. The number of benzene rings is 2. The van der Waals surface area contributed by atoms with Crippen LogP contribution in [0.5, 0.6) is 0 Å². The van der Waals surface area contributed by atoms with Crippen molar-refractivity contribution in [1.29, 1.82) is 0 Å². The number of hydrogen-bond acceptors (Lipinski definition) is 3. The van der Waals surface area contributed by atoms with E-state index < -0.39 is 15.8 Å². The summed E-state index contributed by atoms with van der Waals surface area (Å²) in [6.07, 6.45) is 3.12. The van der Waals surface area contributed by atoms with Gasteiger partial charge in [-0.05, 0) is 67.8 Å². The average Bonchev–Trinajstić information content (AvgIpc) is 3.21. The van der Waals surface area contributed by atoms with Crippen LogP contribution in [0, 0.1) is 12.7 Å². The molecule has 0 aliphatic heterocycles. The van der Waals surface area contributed by atoms with Crippen LogP contribution in [0.2, 0.25) is 5.02 Å².